The van der Waals surface area contributed by atoms with Crippen LogP contribution < -0.4 is 11.2 Å². The lowest BCUT2D eigenvalue weighted by Gasteiger charge is -2.34. The van der Waals surface area contributed by atoms with Crippen molar-refractivity contribution in [1.82, 2.24) is 24.0 Å². The highest BCUT2D eigenvalue weighted by molar-refractivity contribution is 5.69. The molecule has 0 amide bonds. The standard InChI is InChI=1S/C14H21N5O3/c1-8-5-19(6-9(2)22-8)7-10-15-11-12(16-10)17(3)14(21)18(4)13(11)20/h8-9H,5-7H2,1-4H3,(H,15,16). The van der Waals surface area contributed by atoms with Crippen LogP contribution in [-0.4, -0.2) is 49.3 Å². The van der Waals surface area contributed by atoms with Crippen molar-refractivity contribution in [2.45, 2.75) is 32.6 Å². The highest BCUT2D eigenvalue weighted by Gasteiger charge is 2.23. The van der Waals surface area contributed by atoms with Crippen LogP contribution in [0.25, 0.3) is 11.2 Å². The van der Waals surface area contributed by atoms with Crippen LogP contribution in [0.15, 0.2) is 9.59 Å². The van der Waals surface area contributed by atoms with Crippen LogP contribution in [-0.2, 0) is 25.4 Å². The molecule has 1 fully saturated rings. The third kappa shape index (κ3) is 2.48. The molecule has 1 aliphatic rings. The maximum absolute atomic E-state index is 12.2. The van der Waals surface area contributed by atoms with Gasteiger partial charge in [0.15, 0.2) is 5.65 Å². The van der Waals surface area contributed by atoms with Gasteiger partial charge in [-0.2, -0.15) is 0 Å². The second-order valence-electron chi connectivity index (χ2n) is 6.04. The molecular formula is C14H21N5O3. The zero-order chi connectivity index (χ0) is 16.0. The molecule has 0 aromatic carbocycles. The largest absolute Gasteiger partial charge is 0.373 e. The van der Waals surface area contributed by atoms with Gasteiger partial charge >= 0.3 is 5.69 Å². The molecule has 0 radical (unpaired) electrons. The summed E-state index contributed by atoms with van der Waals surface area (Å²) in [5, 5.41) is 0. The van der Waals surface area contributed by atoms with Gasteiger partial charge in [-0.1, -0.05) is 0 Å². The van der Waals surface area contributed by atoms with Crippen molar-refractivity contribution in [1.29, 1.82) is 0 Å². The van der Waals surface area contributed by atoms with Crippen molar-refractivity contribution in [3.63, 3.8) is 0 Å². The first-order valence-corrected chi connectivity index (χ1v) is 7.39. The number of aromatic amines is 1. The van der Waals surface area contributed by atoms with Crippen LogP contribution in [0.5, 0.6) is 0 Å². The molecule has 8 nitrogen and oxygen atoms in total. The van der Waals surface area contributed by atoms with Crippen molar-refractivity contribution >= 4 is 11.2 Å². The Labute approximate surface area is 127 Å². The molecule has 2 aromatic heterocycles. The first-order valence-electron chi connectivity index (χ1n) is 7.39. The molecule has 3 rings (SSSR count). The number of ether oxygens (including phenoxy) is 1. The summed E-state index contributed by atoms with van der Waals surface area (Å²) in [6, 6.07) is 0. The first kappa shape index (κ1) is 15.0. The molecule has 2 aromatic rings. The summed E-state index contributed by atoms with van der Waals surface area (Å²) in [4.78, 5) is 33.8. The molecule has 8 heteroatoms. The quantitative estimate of drug-likeness (QED) is 0.814. The van der Waals surface area contributed by atoms with Gasteiger partial charge in [0.2, 0.25) is 0 Å². The predicted molar refractivity (Wildman–Crippen MR) is 81.9 cm³/mol. The number of aromatic nitrogens is 4. The molecule has 0 spiro atoms. The SMILES string of the molecule is CC1CN(Cc2nc3c([nH]2)c(=O)n(C)c(=O)n3C)CC(C)O1. The Bertz CT molecular complexity index is 808. The maximum atomic E-state index is 12.2. The predicted octanol–water partition coefficient (Wildman–Crippen LogP) is -0.430. The number of H-pyrrole nitrogens is 1. The van der Waals surface area contributed by atoms with E-state index in [1.165, 1.54) is 11.6 Å². The Morgan fingerprint density at radius 3 is 2.45 bits per heavy atom. The van der Waals surface area contributed by atoms with E-state index in [9.17, 15) is 9.59 Å². The van der Waals surface area contributed by atoms with E-state index < -0.39 is 0 Å². The van der Waals surface area contributed by atoms with Gasteiger partial charge in [0.25, 0.3) is 5.56 Å². The Morgan fingerprint density at radius 2 is 1.82 bits per heavy atom. The van der Waals surface area contributed by atoms with Crippen molar-refractivity contribution in [2.75, 3.05) is 13.1 Å². The highest BCUT2D eigenvalue weighted by Crippen LogP contribution is 2.14. The molecule has 1 aliphatic heterocycles. The molecule has 120 valence electrons. The normalized spacial score (nSPS) is 23.3. The van der Waals surface area contributed by atoms with Crippen LogP contribution >= 0.6 is 0 Å². The lowest BCUT2D eigenvalue weighted by atomic mass is 10.2. The summed E-state index contributed by atoms with van der Waals surface area (Å²) in [5.74, 6) is 0.689. The first-order chi connectivity index (χ1) is 10.4. The average Bonchev–Trinajstić information content (AvgIpc) is 2.85. The van der Waals surface area contributed by atoms with Crippen LogP contribution in [0.3, 0.4) is 0 Å². The highest BCUT2D eigenvalue weighted by atomic mass is 16.5. The Hall–Kier alpha value is -1.93. The summed E-state index contributed by atoms with van der Waals surface area (Å²) in [5.41, 5.74) is 0.0520. The second kappa shape index (κ2) is 5.36. The Balaban J connectivity index is 1.96. The molecule has 1 saturated heterocycles. The summed E-state index contributed by atoms with van der Waals surface area (Å²) in [6.45, 7) is 6.32. The number of hydrogen-bond acceptors (Lipinski definition) is 5. The number of morpholine rings is 1. The average molecular weight is 307 g/mol. The molecule has 0 aliphatic carbocycles. The van der Waals surface area contributed by atoms with Crippen molar-refractivity contribution in [3.8, 4) is 0 Å². The van der Waals surface area contributed by atoms with E-state index >= 15 is 0 Å². The van der Waals surface area contributed by atoms with Crippen molar-refractivity contribution < 1.29 is 4.74 Å². The van der Waals surface area contributed by atoms with E-state index in [0.717, 1.165) is 17.7 Å². The van der Waals surface area contributed by atoms with Crippen molar-refractivity contribution in [2.24, 2.45) is 14.1 Å². The van der Waals surface area contributed by atoms with Crippen molar-refractivity contribution in [3.05, 3.63) is 26.7 Å². The number of nitrogens with zero attached hydrogens (tertiary/aromatic N) is 4. The summed E-state index contributed by atoms with van der Waals surface area (Å²) < 4.78 is 8.19. The lowest BCUT2D eigenvalue weighted by Crippen LogP contribution is -2.45. The van der Waals surface area contributed by atoms with Crippen LogP contribution in [0, 0.1) is 0 Å². The third-order valence-electron chi connectivity index (χ3n) is 4.01. The zero-order valence-electron chi connectivity index (χ0n) is 13.3. The van der Waals surface area contributed by atoms with E-state index in [4.69, 9.17) is 4.74 Å². The van der Waals surface area contributed by atoms with E-state index in [-0.39, 0.29) is 23.5 Å². The second-order valence-corrected chi connectivity index (χ2v) is 6.04. The molecular weight excluding hydrogens is 286 g/mol. The fourth-order valence-corrected chi connectivity index (χ4v) is 3.07. The number of nitrogens with one attached hydrogen (secondary N) is 1. The molecule has 0 saturated carbocycles. The van der Waals surface area contributed by atoms with Crippen LogP contribution in [0.4, 0.5) is 0 Å². The van der Waals surface area contributed by atoms with E-state index in [1.807, 2.05) is 13.8 Å². The van der Waals surface area contributed by atoms with E-state index in [1.54, 1.807) is 7.05 Å². The fraction of sp³-hybridized carbons (Fsp3) is 0.643. The van der Waals surface area contributed by atoms with Gasteiger partial charge in [-0.3, -0.25) is 18.8 Å². The number of hydrogen-bond donors (Lipinski definition) is 1. The number of rotatable bonds is 2. The minimum atomic E-state index is -0.371. The number of imidazole rings is 1. The van der Waals surface area contributed by atoms with Gasteiger partial charge in [0, 0.05) is 27.2 Å². The summed E-state index contributed by atoms with van der Waals surface area (Å²) in [7, 11) is 3.09. The zero-order valence-corrected chi connectivity index (χ0v) is 13.3. The topological polar surface area (TPSA) is 85.2 Å². The summed E-state index contributed by atoms with van der Waals surface area (Å²) >= 11 is 0. The molecule has 1 N–H and O–H groups in total. The Morgan fingerprint density at radius 1 is 1.18 bits per heavy atom. The molecule has 2 atom stereocenters. The molecule has 22 heavy (non-hydrogen) atoms. The molecule has 2 unspecified atom stereocenters. The fourth-order valence-electron chi connectivity index (χ4n) is 3.07. The third-order valence-corrected chi connectivity index (χ3v) is 4.01. The van der Waals surface area contributed by atoms with Gasteiger partial charge in [-0.15, -0.1) is 0 Å². The van der Waals surface area contributed by atoms with Gasteiger partial charge in [-0.25, -0.2) is 9.78 Å². The van der Waals surface area contributed by atoms with Gasteiger partial charge < -0.3 is 9.72 Å². The monoisotopic (exact) mass is 307 g/mol. The minimum Gasteiger partial charge on any atom is -0.373 e. The van der Waals surface area contributed by atoms with Crippen LogP contribution in [0.1, 0.15) is 19.7 Å². The number of fused-ring (bicyclic) bond motifs is 1. The lowest BCUT2D eigenvalue weighted by molar-refractivity contribution is -0.0710. The molecule has 0 bridgehead atoms. The summed E-state index contributed by atoms with van der Waals surface area (Å²) in [6.07, 6.45) is 0.343. The van der Waals surface area contributed by atoms with Gasteiger partial charge in [0.05, 0.1) is 18.8 Å². The number of aryl methyl sites for hydroxylation is 1. The maximum Gasteiger partial charge on any atom is 0.332 e. The molecule has 3 heterocycles. The van der Waals surface area contributed by atoms with E-state index in [2.05, 4.69) is 14.9 Å². The van der Waals surface area contributed by atoms with Gasteiger partial charge in [0.1, 0.15) is 11.3 Å². The minimum absolute atomic E-state index is 0.172. The Kier molecular flexibility index (Phi) is 3.65. The smallest absolute Gasteiger partial charge is 0.332 e. The van der Waals surface area contributed by atoms with Gasteiger partial charge in [-0.05, 0) is 13.8 Å². The van der Waals surface area contributed by atoms with Crippen LogP contribution in [0.2, 0.25) is 0 Å². The van der Waals surface area contributed by atoms with E-state index in [0.29, 0.717) is 23.5 Å².